The van der Waals surface area contributed by atoms with Gasteiger partial charge in [-0.25, -0.2) is 9.96 Å². The minimum atomic E-state index is -1.29. The number of benzene rings is 3. The lowest BCUT2D eigenvalue weighted by Crippen LogP contribution is -2.37. The van der Waals surface area contributed by atoms with E-state index in [0.717, 1.165) is 4.90 Å². The van der Waals surface area contributed by atoms with Gasteiger partial charge in [0.25, 0.3) is 17.3 Å². The summed E-state index contributed by atoms with van der Waals surface area (Å²) in [6.45, 7) is 0. The maximum Gasteiger partial charge on any atom is 0.271 e. The van der Waals surface area contributed by atoms with Gasteiger partial charge in [0.2, 0.25) is 5.91 Å². The molecule has 0 spiro atoms. The molecule has 194 valence electrons. The van der Waals surface area contributed by atoms with Crippen LogP contribution in [0.1, 0.15) is 11.6 Å². The molecule has 1 N–H and O–H groups in total. The van der Waals surface area contributed by atoms with Gasteiger partial charge in [-0.2, -0.15) is 0 Å². The van der Waals surface area contributed by atoms with Crippen LogP contribution in [-0.4, -0.2) is 40.0 Å². The van der Waals surface area contributed by atoms with Crippen molar-refractivity contribution in [1.29, 1.82) is 0 Å². The number of hydrogen-bond acceptors (Lipinski definition) is 10. The Labute approximate surface area is 222 Å². The zero-order chi connectivity index (χ0) is 27.3. The zero-order valence-corrected chi connectivity index (χ0v) is 21.0. The molecule has 0 bridgehead atoms. The Kier molecular flexibility index (Phi) is 6.20. The van der Waals surface area contributed by atoms with E-state index in [-0.39, 0.29) is 38.7 Å². The monoisotopic (exact) mass is 584 g/mol. The van der Waals surface area contributed by atoms with Crippen molar-refractivity contribution < 1.29 is 34.1 Å². The minimum Gasteiger partial charge on any atom is -0.503 e. The van der Waals surface area contributed by atoms with Crippen LogP contribution >= 0.6 is 15.9 Å². The minimum absolute atomic E-state index is 0.0841. The highest BCUT2D eigenvalue weighted by molar-refractivity contribution is 9.10. The smallest absolute Gasteiger partial charge is 0.271 e. The number of hydrogen-bond donors (Lipinski definition) is 1. The van der Waals surface area contributed by atoms with Crippen LogP contribution in [0.4, 0.5) is 22.7 Å². The van der Waals surface area contributed by atoms with E-state index in [2.05, 4.69) is 15.9 Å². The molecule has 0 radical (unpaired) electrons. The normalized spacial score (nSPS) is 20.5. The second-order valence-corrected chi connectivity index (χ2v) is 9.29. The molecule has 13 nitrogen and oxygen atoms in total. The summed E-state index contributed by atoms with van der Waals surface area (Å²) in [5.74, 6) is -2.53. The number of halogens is 1. The van der Waals surface area contributed by atoms with Crippen molar-refractivity contribution in [2.45, 2.75) is 12.1 Å². The molecule has 2 saturated heterocycles. The van der Waals surface area contributed by atoms with Gasteiger partial charge in [0.1, 0.15) is 5.92 Å². The average Bonchev–Trinajstić information content (AvgIpc) is 3.41. The van der Waals surface area contributed by atoms with E-state index in [9.17, 15) is 34.9 Å². The van der Waals surface area contributed by atoms with Gasteiger partial charge in [0, 0.05) is 24.3 Å². The van der Waals surface area contributed by atoms with E-state index >= 15 is 0 Å². The lowest BCUT2D eigenvalue weighted by Gasteiger charge is -2.29. The number of nitro benzene ring substituents is 2. The van der Waals surface area contributed by atoms with Crippen LogP contribution in [0.25, 0.3) is 0 Å². The first kappa shape index (κ1) is 25.1. The first-order valence-electron chi connectivity index (χ1n) is 11.0. The Morgan fingerprint density at radius 1 is 0.947 bits per heavy atom. The molecule has 14 heteroatoms. The van der Waals surface area contributed by atoms with Gasteiger partial charge in [0.05, 0.1) is 38.8 Å². The summed E-state index contributed by atoms with van der Waals surface area (Å²) < 4.78 is 5.50. The van der Waals surface area contributed by atoms with E-state index in [4.69, 9.17) is 9.57 Å². The summed E-state index contributed by atoms with van der Waals surface area (Å²) in [6.07, 6.45) is -1.29. The van der Waals surface area contributed by atoms with Crippen LogP contribution in [0.2, 0.25) is 0 Å². The molecule has 38 heavy (non-hydrogen) atoms. The molecule has 2 heterocycles. The van der Waals surface area contributed by atoms with E-state index in [1.807, 2.05) is 0 Å². The maximum atomic E-state index is 13.7. The first-order valence-corrected chi connectivity index (χ1v) is 11.8. The van der Waals surface area contributed by atoms with Crippen LogP contribution in [0.15, 0.2) is 65.1 Å². The van der Waals surface area contributed by atoms with Gasteiger partial charge >= 0.3 is 0 Å². The highest BCUT2D eigenvalue weighted by Crippen LogP contribution is 2.50. The van der Waals surface area contributed by atoms with Crippen molar-refractivity contribution in [3.8, 4) is 11.5 Å². The van der Waals surface area contributed by atoms with Crippen molar-refractivity contribution in [3.63, 3.8) is 0 Å². The SMILES string of the molecule is COc1cc([C@@H]2[C@@H]3C(=O)N(c4ccc([N+](=O)[O-])cc4)C(=O)[C@H]3ON2c2cccc([N+](=O)[O-])c2)cc(Br)c1O. The number of ether oxygens (including phenoxy) is 1. The predicted molar refractivity (Wildman–Crippen MR) is 135 cm³/mol. The zero-order valence-electron chi connectivity index (χ0n) is 19.4. The highest BCUT2D eigenvalue weighted by atomic mass is 79.9. The molecule has 0 aliphatic carbocycles. The molecule has 2 amide bonds. The standard InChI is InChI=1S/C24H17BrN4O9/c1-37-18-10-12(9-17(25)21(18)30)20-19-22(38-27(20)15-3-2-4-16(11-15)29(35)36)24(32)26(23(19)31)13-5-7-14(8-6-13)28(33)34/h2-11,19-20,22,30H,1H3/t19-,20+,22-/m0/s1. The second kappa shape index (κ2) is 9.39. The molecule has 0 unspecified atom stereocenters. The Balaban J connectivity index is 1.62. The Bertz CT molecular complexity index is 1500. The number of nitrogens with zero attached hydrogens (tertiary/aromatic N) is 4. The van der Waals surface area contributed by atoms with E-state index in [0.29, 0.717) is 5.56 Å². The van der Waals surface area contributed by atoms with Gasteiger partial charge in [-0.1, -0.05) is 6.07 Å². The van der Waals surface area contributed by atoms with Crippen LogP contribution < -0.4 is 14.7 Å². The van der Waals surface area contributed by atoms with Gasteiger partial charge in [-0.05, 0) is 51.8 Å². The molecule has 3 aromatic rings. The summed E-state index contributed by atoms with van der Waals surface area (Å²) >= 11 is 3.26. The number of amides is 2. The summed E-state index contributed by atoms with van der Waals surface area (Å²) in [6, 6.07) is 12.5. The number of carbonyl (C=O) groups is 2. The van der Waals surface area contributed by atoms with Gasteiger partial charge in [-0.15, -0.1) is 0 Å². The van der Waals surface area contributed by atoms with Crippen LogP contribution in [0.5, 0.6) is 11.5 Å². The van der Waals surface area contributed by atoms with E-state index in [1.165, 1.54) is 72.8 Å². The number of anilines is 2. The Morgan fingerprint density at radius 3 is 2.26 bits per heavy atom. The average molecular weight is 585 g/mol. The third kappa shape index (κ3) is 3.99. The fourth-order valence-electron chi connectivity index (χ4n) is 4.62. The van der Waals surface area contributed by atoms with Crippen LogP contribution in [-0.2, 0) is 14.4 Å². The lowest BCUT2D eigenvalue weighted by molar-refractivity contribution is -0.385. The molecule has 2 fully saturated rings. The number of hydroxylamine groups is 1. The topological polar surface area (TPSA) is 166 Å². The number of carbonyl (C=O) groups excluding carboxylic acids is 2. The number of non-ortho nitro benzene ring substituents is 2. The van der Waals surface area contributed by atoms with Crippen LogP contribution in [0, 0.1) is 26.1 Å². The van der Waals surface area contributed by atoms with E-state index < -0.39 is 39.7 Å². The third-order valence-corrected chi connectivity index (χ3v) is 6.95. The molecule has 0 saturated carbocycles. The van der Waals surface area contributed by atoms with Gasteiger partial charge in [0.15, 0.2) is 17.6 Å². The molecule has 2 aliphatic rings. The summed E-state index contributed by atoms with van der Waals surface area (Å²) in [7, 11) is 1.35. The molecular formula is C24H17BrN4O9. The number of aromatic hydroxyl groups is 1. The largest absolute Gasteiger partial charge is 0.503 e. The van der Waals surface area contributed by atoms with Crippen molar-refractivity contribution in [3.05, 3.63) is 90.9 Å². The molecular weight excluding hydrogens is 568 g/mol. The second-order valence-electron chi connectivity index (χ2n) is 8.44. The number of phenolic OH excluding ortho intramolecular Hbond substituents is 1. The third-order valence-electron chi connectivity index (χ3n) is 6.34. The molecule has 0 aromatic heterocycles. The molecule has 2 aliphatic heterocycles. The lowest BCUT2D eigenvalue weighted by atomic mass is 9.90. The van der Waals surface area contributed by atoms with Gasteiger partial charge < -0.3 is 9.84 Å². The van der Waals surface area contributed by atoms with E-state index in [1.54, 1.807) is 0 Å². The highest BCUT2D eigenvalue weighted by Gasteiger charge is 2.60. The summed E-state index contributed by atoms with van der Waals surface area (Å²) in [5, 5.41) is 34.0. The molecule has 3 atom stereocenters. The quantitative estimate of drug-likeness (QED) is 0.254. The fourth-order valence-corrected chi connectivity index (χ4v) is 5.08. The number of methoxy groups -OCH3 is 1. The van der Waals surface area contributed by atoms with Crippen molar-refractivity contribution >= 4 is 50.5 Å². The summed E-state index contributed by atoms with van der Waals surface area (Å²) in [5.41, 5.74) is 0.340. The number of nitro groups is 2. The first-order chi connectivity index (χ1) is 18.1. The summed E-state index contributed by atoms with van der Waals surface area (Å²) in [4.78, 5) is 55.3. The van der Waals surface area contributed by atoms with Crippen molar-refractivity contribution in [2.24, 2.45) is 5.92 Å². The maximum absolute atomic E-state index is 13.7. The number of rotatable bonds is 6. The molecule has 3 aromatic carbocycles. The predicted octanol–water partition coefficient (Wildman–Crippen LogP) is 4.03. The van der Waals surface area contributed by atoms with Crippen molar-refractivity contribution in [2.75, 3.05) is 17.1 Å². The van der Waals surface area contributed by atoms with Gasteiger partial charge in [-0.3, -0.25) is 34.7 Å². The number of phenols is 1. The van der Waals surface area contributed by atoms with Crippen molar-refractivity contribution in [1.82, 2.24) is 0 Å². The Morgan fingerprint density at radius 2 is 1.63 bits per heavy atom. The number of fused-ring (bicyclic) bond motifs is 1. The fraction of sp³-hybridized carbons (Fsp3) is 0.167. The number of imide groups is 1. The Hall–Kier alpha value is -4.56. The molecule has 5 rings (SSSR count). The van der Waals surface area contributed by atoms with Crippen LogP contribution in [0.3, 0.4) is 0 Å².